The minimum atomic E-state index is -1.77. The zero-order valence-corrected chi connectivity index (χ0v) is 63.2. The molecule has 3 saturated heterocycles. The zero-order chi connectivity index (χ0) is 73.5. The number of rotatable bonds is 13. The number of piperidine rings is 1. The Morgan fingerprint density at radius 2 is 1.23 bits per heavy atom. The van der Waals surface area contributed by atoms with Gasteiger partial charge in [0.1, 0.15) is 53.9 Å². The molecule has 99 heavy (non-hydrogen) atoms. The number of aryl methyl sites for hydroxylation is 1. The highest BCUT2D eigenvalue weighted by Gasteiger charge is 2.46. The first-order chi connectivity index (χ1) is 46.6. The SMILES string of the molecule is CC[C@H](C)[C@@H]1NC(=O)[C@H](CC(C)C)N(C)C(=O)C[C@@H](C(=O)N2CCCCC2)N(C)C(=O)[C@H](CC(C)C)NC(=O)C(C)(C)N(C)C(=O)[C@H](Cc2ccccc2Cl)NC(=O)[C@H](Cc2cccc(I)c2)NC(=O)CN(C)C(=O)[C@H](Cc2ccc(C)cc2)N(C)C(=O)[C@@H]2CCN2C(=O)CN(C)C1=O. The summed E-state index contributed by atoms with van der Waals surface area (Å²) in [5.41, 5.74) is 0.972. The molecular formula is C73H104ClIN12O12. The van der Waals surface area contributed by atoms with Crippen LogP contribution in [0.1, 0.15) is 129 Å². The molecule has 3 aliphatic heterocycles. The maximum absolute atomic E-state index is 15.3. The highest BCUT2D eigenvalue weighted by atomic mass is 127. The molecule has 3 aromatic carbocycles. The Hall–Kier alpha value is -7.68. The maximum Gasteiger partial charge on any atom is 0.246 e. The molecule has 4 N–H and O–H groups in total. The van der Waals surface area contributed by atoms with E-state index in [4.69, 9.17) is 11.6 Å². The monoisotopic (exact) mass is 1500 g/mol. The maximum atomic E-state index is 15.3. The molecule has 26 heteroatoms. The molecule has 0 unspecified atom stereocenters. The Balaban J connectivity index is 1.45. The van der Waals surface area contributed by atoms with Crippen LogP contribution >= 0.6 is 34.2 Å². The third-order valence-corrected chi connectivity index (χ3v) is 20.6. The molecule has 0 bridgehead atoms. The Bertz CT molecular complexity index is 3420. The lowest BCUT2D eigenvalue weighted by atomic mass is 9.95. The first kappa shape index (κ1) is 80.3. The van der Waals surface area contributed by atoms with Crippen LogP contribution in [0.4, 0.5) is 0 Å². The van der Waals surface area contributed by atoms with Gasteiger partial charge in [-0.25, -0.2) is 0 Å². The second-order valence-corrected chi connectivity index (χ2v) is 30.1. The van der Waals surface area contributed by atoms with Crippen molar-refractivity contribution in [2.24, 2.45) is 17.8 Å². The third-order valence-electron chi connectivity index (χ3n) is 19.6. The molecule has 0 saturated carbocycles. The predicted octanol–water partition coefficient (Wildman–Crippen LogP) is 5.01. The summed E-state index contributed by atoms with van der Waals surface area (Å²) in [7, 11) is 8.50. The van der Waals surface area contributed by atoms with Crippen LogP contribution in [-0.2, 0) is 76.8 Å². The van der Waals surface area contributed by atoms with E-state index >= 15 is 19.2 Å². The van der Waals surface area contributed by atoms with E-state index in [2.05, 4.69) is 43.9 Å². The number of carbonyl (C=O) groups is 12. The van der Waals surface area contributed by atoms with Crippen molar-refractivity contribution in [3.8, 4) is 0 Å². The van der Waals surface area contributed by atoms with Gasteiger partial charge in [0.25, 0.3) is 0 Å². The third kappa shape index (κ3) is 21.2. The number of benzene rings is 3. The second-order valence-electron chi connectivity index (χ2n) is 28.4. The number of carbonyl (C=O) groups excluding carboxylic acids is 12. The van der Waals surface area contributed by atoms with Crippen molar-refractivity contribution in [1.29, 1.82) is 0 Å². The fourth-order valence-electron chi connectivity index (χ4n) is 12.6. The number of nitrogens with one attached hydrogen (secondary N) is 4. The van der Waals surface area contributed by atoms with Gasteiger partial charge in [-0.2, -0.15) is 0 Å². The number of halogens is 2. The Kier molecular flexibility index (Phi) is 29.3. The second kappa shape index (κ2) is 36.1. The van der Waals surface area contributed by atoms with E-state index in [0.29, 0.717) is 49.0 Å². The molecule has 3 aliphatic rings. The summed E-state index contributed by atoms with van der Waals surface area (Å²) in [5, 5.41) is 11.8. The van der Waals surface area contributed by atoms with E-state index in [9.17, 15) is 38.4 Å². The van der Waals surface area contributed by atoms with Gasteiger partial charge in [0.2, 0.25) is 70.9 Å². The molecule has 6 rings (SSSR count). The van der Waals surface area contributed by atoms with E-state index < -0.39 is 150 Å². The molecule has 3 heterocycles. The van der Waals surface area contributed by atoms with E-state index in [1.165, 1.54) is 80.6 Å². The van der Waals surface area contributed by atoms with Crippen LogP contribution in [0.5, 0.6) is 0 Å². The number of fused-ring (bicyclic) bond motifs is 1. The zero-order valence-electron chi connectivity index (χ0n) is 60.3. The lowest BCUT2D eigenvalue weighted by molar-refractivity contribution is -0.157. The molecule has 3 fully saturated rings. The highest BCUT2D eigenvalue weighted by molar-refractivity contribution is 14.1. The molecule has 0 radical (unpaired) electrons. The summed E-state index contributed by atoms with van der Waals surface area (Å²) >= 11 is 8.88. The summed E-state index contributed by atoms with van der Waals surface area (Å²) in [6.07, 6.45) is 2.26. The van der Waals surface area contributed by atoms with E-state index in [1.807, 2.05) is 77.9 Å². The molecule has 542 valence electrons. The summed E-state index contributed by atoms with van der Waals surface area (Å²) in [4.78, 5) is 189. The fourth-order valence-corrected chi connectivity index (χ4v) is 13.5. The van der Waals surface area contributed by atoms with Crippen LogP contribution in [0.3, 0.4) is 0 Å². The molecule has 0 aromatic heterocycles. The van der Waals surface area contributed by atoms with Crippen molar-refractivity contribution < 1.29 is 57.5 Å². The Morgan fingerprint density at radius 1 is 0.596 bits per heavy atom. The van der Waals surface area contributed by atoms with Crippen LogP contribution in [0.15, 0.2) is 72.8 Å². The molecule has 3 aromatic rings. The van der Waals surface area contributed by atoms with E-state index in [-0.39, 0.29) is 61.9 Å². The van der Waals surface area contributed by atoms with Crippen LogP contribution in [-0.4, -0.2) is 239 Å². The van der Waals surface area contributed by atoms with E-state index in [1.54, 1.807) is 48.2 Å². The topological polar surface area (TPSA) is 279 Å². The van der Waals surface area contributed by atoms with Gasteiger partial charge >= 0.3 is 0 Å². The van der Waals surface area contributed by atoms with Gasteiger partial charge in [-0.15, -0.1) is 0 Å². The van der Waals surface area contributed by atoms with Gasteiger partial charge in [-0.05, 0) is 135 Å². The van der Waals surface area contributed by atoms with Crippen LogP contribution < -0.4 is 21.3 Å². The van der Waals surface area contributed by atoms with Gasteiger partial charge in [0.05, 0.1) is 19.5 Å². The van der Waals surface area contributed by atoms with Crippen molar-refractivity contribution in [2.75, 3.05) is 75.0 Å². The lowest BCUT2D eigenvalue weighted by Crippen LogP contribution is -2.64. The number of hydrogen-bond donors (Lipinski definition) is 4. The van der Waals surface area contributed by atoms with Crippen molar-refractivity contribution in [2.45, 2.75) is 187 Å². The average molecular weight is 1500 g/mol. The number of hydrogen-bond acceptors (Lipinski definition) is 12. The van der Waals surface area contributed by atoms with Gasteiger partial charge in [-0.3, -0.25) is 57.5 Å². The molecule has 0 aliphatic carbocycles. The van der Waals surface area contributed by atoms with Crippen molar-refractivity contribution >= 4 is 105 Å². The first-order valence-corrected chi connectivity index (χ1v) is 35.9. The largest absolute Gasteiger partial charge is 0.342 e. The first-order valence-electron chi connectivity index (χ1n) is 34.5. The van der Waals surface area contributed by atoms with E-state index in [0.717, 1.165) is 25.4 Å². The van der Waals surface area contributed by atoms with Crippen LogP contribution in [0, 0.1) is 28.2 Å². The molecule has 0 spiro atoms. The normalized spacial score (nSPS) is 24.5. The highest BCUT2D eigenvalue weighted by Crippen LogP contribution is 2.27. The number of likely N-dealkylation sites (tertiary alicyclic amines) is 1. The summed E-state index contributed by atoms with van der Waals surface area (Å²) in [5.74, 6) is -8.88. The average Bonchev–Trinajstić information content (AvgIpc) is 0.803. The number of amides is 12. The molecule has 24 nitrogen and oxygen atoms in total. The minimum absolute atomic E-state index is 0.00821. The molecule has 9 atom stereocenters. The van der Waals surface area contributed by atoms with Crippen molar-refractivity contribution in [3.63, 3.8) is 0 Å². The van der Waals surface area contributed by atoms with Crippen molar-refractivity contribution in [1.82, 2.24) is 60.5 Å². The quantitative estimate of drug-likeness (QED) is 0.165. The fraction of sp³-hybridized carbons (Fsp3) is 0.589. The Morgan fingerprint density at radius 3 is 1.83 bits per heavy atom. The summed E-state index contributed by atoms with van der Waals surface area (Å²) in [6, 6.07) is 11.2. The lowest BCUT2D eigenvalue weighted by Gasteiger charge is -2.43. The molecular weight excluding hydrogens is 1400 g/mol. The standard InChI is InChI=1S/C73H104ClIN12O12/c1-16-47(7)63-71(98)81(11)43-62(90)87-34-31-56(87)69(96)84(14)58(39-48-29-27-46(6)28-30-48)68(95)80(10)42-60(88)76-53(38-49-23-22-25-51(75)37-49)64(91)77-55(40-50-24-18-19-26-52(50)74)67(94)85(15)73(8,9)72(99)78-54(35-44(2)3)66(93)83(13)59(70(97)86-32-20-17-21-33-86)41-61(89)82(12)57(36-45(4)5)65(92)79-63/h18-19,22-30,37,44-45,47,53-59,63H,16-17,20-21,31-36,38-43H2,1-15H3,(H,76,88)(H,77,91)(H,78,99)(H,79,92)/t47-,53-,54-,55-,56-,57-,58-,59-,63-/m0/s1. The van der Waals surface area contributed by atoms with Gasteiger partial charge < -0.3 is 60.5 Å². The summed E-state index contributed by atoms with van der Waals surface area (Å²) < 4.78 is 0.829. The van der Waals surface area contributed by atoms with Crippen LogP contribution in [0.2, 0.25) is 5.02 Å². The van der Waals surface area contributed by atoms with Gasteiger partial charge in [0.15, 0.2) is 0 Å². The molecule has 12 amide bonds. The van der Waals surface area contributed by atoms with Gasteiger partial charge in [-0.1, -0.05) is 120 Å². The number of nitrogens with zero attached hydrogens (tertiary/aromatic N) is 8. The van der Waals surface area contributed by atoms with Gasteiger partial charge in [0, 0.05) is 89.8 Å². The Labute approximate surface area is 602 Å². The predicted molar refractivity (Wildman–Crippen MR) is 386 cm³/mol. The summed E-state index contributed by atoms with van der Waals surface area (Å²) in [6.45, 7) is 15.7. The van der Waals surface area contributed by atoms with Crippen molar-refractivity contribution in [3.05, 3.63) is 104 Å². The number of likely N-dealkylation sites (N-methyl/N-ethyl adjacent to an activating group) is 6. The van der Waals surface area contributed by atoms with Crippen LogP contribution in [0.25, 0.3) is 0 Å². The minimum Gasteiger partial charge on any atom is -0.342 e. The smallest absolute Gasteiger partial charge is 0.246 e.